The van der Waals surface area contributed by atoms with E-state index in [4.69, 9.17) is 29.6 Å². The average molecular weight is 332 g/mol. The van der Waals surface area contributed by atoms with Crippen LogP contribution in [-0.4, -0.2) is 20.9 Å². The van der Waals surface area contributed by atoms with E-state index in [1.807, 2.05) is 36.4 Å². The Morgan fingerprint density at radius 1 is 1.27 bits per heavy atom. The van der Waals surface area contributed by atoms with Gasteiger partial charge in [0.15, 0.2) is 5.11 Å². The van der Waals surface area contributed by atoms with Crippen LogP contribution in [0.15, 0.2) is 53.6 Å². The summed E-state index contributed by atoms with van der Waals surface area (Å²) in [6, 6.07) is 14.5. The minimum atomic E-state index is -0.120. The number of para-hydroxylation sites is 1. The Morgan fingerprint density at radius 2 is 2.05 bits per heavy atom. The second-order valence-corrected chi connectivity index (χ2v) is 5.88. The minimum Gasteiger partial charge on any atom is -0.507 e. The van der Waals surface area contributed by atoms with Crippen molar-refractivity contribution in [3.8, 4) is 5.75 Å². The highest BCUT2D eigenvalue weighted by atomic mass is 35.5. The van der Waals surface area contributed by atoms with Gasteiger partial charge >= 0.3 is 0 Å². The van der Waals surface area contributed by atoms with Crippen molar-refractivity contribution < 1.29 is 5.11 Å². The van der Waals surface area contributed by atoms with E-state index in [1.54, 1.807) is 17.1 Å². The van der Waals surface area contributed by atoms with Gasteiger partial charge in [0.05, 0.1) is 11.8 Å². The maximum atomic E-state index is 10.0. The van der Waals surface area contributed by atoms with Crippen molar-refractivity contribution >= 4 is 34.6 Å². The fourth-order valence-electron chi connectivity index (χ4n) is 2.57. The number of hydrogen-bond acceptors (Lipinski definition) is 3. The number of thiocarbonyl (C=S) groups is 1. The number of hydrogen-bond donors (Lipinski definition) is 2. The number of phenols is 1. The maximum Gasteiger partial charge on any atom is 0.187 e. The summed E-state index contributed by atoms with van der Waals surface area (Å²) >= 11 is 11.2. The summed E-state index contributed by atoms with van der Waals surface area (Å²) in [5, 5.41) is 16.9. The second-order valence-electron chi connectivity index (χ2n) is 5.02. The van der Waals surface area contributed by atoms with Crippen LogP contribution in [0.2, 0.25) is 5.02 Å². The fourth-order valence-corrected chi connectivity index (χ4v) is 2.93. The number of benzene rings is 2. The van der Waals surface area contributed by atoms with E-state index < -0.39 is 0 Å². The number of phenolic OH excluding ortho intramolecular Hbond substituents is 1. The monoisotopic (exact) mass is 331 g/mol. The molecule has 0 bridgehead atoms. The first kappa shape index (κ1) is 14.8. The molecule has 0 spiro atoms. The molecule has 2 aromatic rings. The lowest BCUT2D eigenvalue weighted by Crippen LogP contribution is -2.31. The van der Waals surface area contributed by atoms with E-state index >= 15 is 0 Å². The van der Waals surface area contributed by atoms with Crippen molar-refractivity contribution in [3.05, 3.63) is 64.7 Å². The van der Waals surface area contributed by atoms with E-state index in [-0.39, 0.29) is 16.9 Å². The van der Waals surface area contributed by atoms with Crippen LogP contribution in [-0.2, 0) is 0 Å². The molecule has 112 valence electrons. The Labute approximate surface area is 138 Å². The Hall–Kier alpha value is -2.11. The summed E-state index contributed by atoms with van der Waals surface area (Å²) < 4.78 is 0. The standard InChI is InChI=1S/C16H14ClN3OS/c17-11-5-3-4-10(8-11)14-9-13(19-20(14)16(18)22)12-6-1-2-7-15(12)21/h1-8,14,21H,9H2,(H2,18,22). The van der Waals surface area contributed by atoms with Gasteiger partial charge in [0.1, 0.15) is 5.75 Å². The molecule has 1 aliphatic rings. The molecule has 0 fully saturated rings. The zero-order valence-corrected chi connectivity index (χ0v) is 13.2. The van der Waals surface area contributed by atoms with Gasteiger partial charge in [-0.15, -0.1) is 0 Å². The number of nitrogens with zero attached hydrogens (tertiary/aromatic N) is 2. The normalized spacial score (nSPS) is 17.4. The molecule has 3 rings (SSSR count). The molecule has 4 nitrogen and oxygen atoms in total. The first-order chi connectivity index (χ1) is 10.6. The maximum absolute atomic E-state index is 10.0. The van der Waals surface area contributed by atoms with Gasteiger partial charge in [0.2, 0.25) is 0 Å². The molecule has 0 radical (unpaired) electrons. The molecule has 0 amide bonds. The van der Waals surface area contributed by atoms with Crippen molar-refractivity contribution in [1.29, 1.82) is 0 Å². The minimum absolute atomic E-state index is 0.120. The SMILES string of the molecule is NC(=S)N1N=C(c2ccccc2O)CC1c1cccc(Cl)c1. The highest BCUT2D eigenvalue weighted by molar-refractivity contribution is 7.80. The molecule has 3 N–H and O–H groups in total. The first-order valence-corrected chi connectivity index (χ1v) is 7.55. The molecular weight excluding hydrogens is 318 g/mol. The van der Waals surface area contributed by atoms with E-state index in [9.17, 15) is 5.11 Å². The first-order valence-electron chi connectivity index (χ1n) is 6.76. The average Bonchev–Trinajstić information content (AvgIpc) is 2.93. The third-order valence-electron chi connectivity index (χ3n) is 3.58. The van der Waals surface area contributed by atoms with Crippen molar-refractivity contribution in [2.75, 3.05) is 0 Å². The molecule has 1 unspecified atom stereocenters. The van der Waals surface area contributed by atoms with Gasteiger partial charge in [0.25, 0.3) is 0 Å². The molecule has 0 aliphatic carbocycles. The van der Waals surface area contributed by atoms with Crippen LogP contribution >= 0.6 is 23.8 Å². The highest BCUT2D eigenvalue weighted by Gasteiger charge is 2.31. The number of rotatable bonds is 2. The van der Waals surface area contributed by atoms with Gasteiger partial charge in [-0.25, -0.2) is 5.01 Å². The highest BCUT2D eigenvalue weighted by Crippen LogP contribution is 2.35. The smallest absolute Gasteiger partial charge is 0.187 e. The zero-order chi connectivity index (χ0) is 15.7. The van der Waals surface area contributed by atoms with Crippen molar-refractivity contribution in [3.63, 3.8) is 0 Å². The summed E-state index contributed by atoms with van der Waals surface area (Å²) in [5.41, 5.74) is 8.21. The summed E-state index contributed by atoms with van der Waals surface area (Å²) in [7, 11) is 0. The number of halogens is 1. The second kappa shape index (κ2) is 5.94. The summed E-state index contributed by atoms with van der Waals surface area (Å²) in [4.78, 5) is 0. The predicted octanol–water partition coefficient (Wildman–Crippen LogP) is 3.44. The van der Waals surface area contributed by atoms with Gasteiger partial charge < -0.3 is 10.8 Å². The molecule has 0 saturated carbocycles. The Kier molecular flexibility index (Phi) is 4.00. The Balaban J connectivity index is 1.99. The third-order valence-corrected chi connectivity index (χ3v) is 4.01. The van der Waals surface area contributed by atoms with Gasteiger partial charge in [-0.3, -0.25) is 0 Å². The van der Waals surface area contributed by atoms with Crippen molar-refractivity contribution in [2.24, 2.45) is 10.8 Å². The van der Waals surface area contributed by atoms with Gasteiger partial charge in [-0.1, -0.05) is 35.9 Å². The molecule has 1 heterocycles. The molecule has 2 aromatic carbocycles. The number of aromatic hydroxyl groups is 1. The van der Waals surface area contributed by atoms with Crippen LogP contribution < -0.4 is 5.73 Å². The van der Waals surface area contributed by atoms with Gasteiger partial charge in [0, 0.05) is 17.0 Å². The predicted molar refractivity (Wildman–Crippen MR) is 92.1 cm³/mol. The van der Waals surface area contributed by atoms with Crippen LogP contribution in [0.4, 0.5) is 0 Å². The van der Waals surface area contributed by atoms with Crippen LogP contribution in [0.3, 0.4) is 0 Å². The van der Waals surface area contributed by atoms with Gasteiger partial charge in [-0.05, 0) is 42.0 Å². The topological polar surface area (TPSA) is 61.8 Å². The molecular formula is C16H14ClN3OS. The van der Waals surface area contributed by atoms with Crippen LogP contribution in [0.25, 0.3) is 0 Å². The van der Waals surface area contributed by atoms with E-state index in [2.05, 4.69) is 5.10 Å². The van der Waals surface area contributed by atoms with Crippen LogP contribution in [0.5, 0.6) is 5.75 Å². The van der Waals surface area contributed by atoms with E-state index in [0.29, 0.717) is 17.0 Å². The summed E-state index contributed by atoms with van der Waals surface area (Å²) in [6.45, 7) is 0. The molecule has 0 saturated heterocycles. The molecule has 22 heavy (non-hydrogen) atoms. The van der Waals surface area contributed by atoms with E-state index in [0.717, 1.165) is 11.3 Å². The third kappa shape index (κ3) is 2.77. The molecule has 1 atom stereocenters. The Morgan fingerprint density at radius 3 is 2.73 bits per heavy atom. The number of nitrogens with two attached hydrogens (primary N) is 1. The summed E-state index contributed by atoms with van der Waals surface area (Å²) in [6.07, 6.45) is 0.593. The lowest BCUT2D eigenvalue weighted by molar-refractivity contribution is 0.373. The summed E-state index contributed by atoms with van der Waals surface area (Å²) in [5.74, 6) is 0.191. The quantitative estimate of drug-likeness (QED) is 0.827. The van der Waals surface area contributed by atoms with Crippen LogP contribution in [0.1, 0.15) is 23.6 Å². The zero-order valence-electron chi connectivity index (χ0n) is 11.6. The van der Waals surface area contributed by atoms with Crippen molar-refractivity contribution in [1.82, 2.24) is 5.01 Å². The fraction of sp³-hybridized carbons (Fsp3) is 0.125. The van der Waals surface area contributed by atoms with Crippen LogP contribution in [0, 0.1) is 0 Å². The molecule has 0 aromatic heterocycles. The largest absolute Gasteiger partial charge is 0.507 e. The Bertz CT molecular complexity index is 763. The van der Waals surface area contributed by atoms with E-state index in [1.165, 1.54) is 0 Å². The molecule has 1 aliphatic heterocycles. The van der Waals surface area contributed by atoms with Crippen molar-refractivity contribution in [2.45, 2.75) is 12.5 Å². The number of hydrazone groups is 1. The molecule has 6 heteroatoms. The lowest BCUT2D eigenvalue weighted by atomic mass is 9.98. The lowest BCUT2D eigenvalue weighted by Gasteiger charge is -2.22. The van der Waals surface area contributed by atoms with Gasteiger partial charge in [-0.2, -0.15) is 5.10 Å².